The Labute approximate surface area is 141 Å². The largest absolute Gasteiger partial charge is 0.448 e. The maximum absolute atomic E-state index is 12.6. The molecule has 2 aromatic rings. The lowest BCUT2D eigenvalue weighted by Crippen LogP contribution is -2.43. The number of ether oxygens (including phenoxy) is 1. The van der Waals surface area contributed by atoms with Gasteiger partial charge in [-0.1, -0.05) is 55.0 Å². The Kier molecular flexibility index (Phi) is 4.65. The summed E-state index contributed by atoms with van der Waals surface area (Å²) in [4.78, 5) is 24.6. The van der Waals surface area contributed by atoms with Crippen LogP contribution >= 0.6 is 0 Å². The van der Waals surface area contributed by atoms with Crippen LogP contribution in [0.1, 0.15) is 46.4 Å². The molecule has 1 aliphatic rings. The minimum absolute atomic E-state index is 0.0889. The number of nitrogens with one attached hydrogen (secondary N) is 1. The Morgan fingerprint density at radius 1 is 1.21 bits per heavy atom. The maximum Gasteiger partial charge on any atom is 0.339 e. The average molecular weight is 323 g/mol. The Bertz CT molecular complexity index is 752. The van der Waals surface area contributed by atoms with Gasteiger partial charge in [-0.3, -0.25) is 4.79 Å². The van der Waals surface area contributed by atoms with Gasteiger partial charge in [-0.05, 0) is 30.5 Å². The fourth-order valence-corrected chi connectivity index (χ4v) is 2.96. The minimum Gasteiger partial charge on any atom is -0.448 e. The van der Waals surface area contributed by atoms with Gasteiger partial charge in [-0.25, -0.2) is 4.79 Å². The van der Waals surface area contributed by atoms with E-state index in [1.54, 1.807) is 12.1 Å². The number of esters is 1. The molecule has 2 aromatic carbocycles. The Morgan fingerprint density at radius 2 is 1.92 bits per heavy atom. The van der Waals surface area contributed by atoms with Crippen LogP contribution in [0.15, 0.2) is 48.5 Å². The van der Waals surface area contributed by atoms with Crippen LogP contribution in [0.5, 0.6) is 0 Å². The van der Waals surface area contributed by atoms with E-state index in [9.17, 15) is 9.59 Å². The van der Waals surface area contributed by atoms with Crippen molar-refractivity contribution in [2.45, 2.75) is 38.8 Å². The highest BCUT2D eigenvalue weighted by atomic mass is 16.5. The zero-order valence-corrected chi connectivity index (χ0v) is 13.9. The molecule has 24 heavy (non-hydrogen) atoms. The average Bonchev–Trinajstić information content (AvgIpc) is 2.60. The molecule has 0 aliphatic carbocycles. The predicted octanol–water partition coefficient (Wildman–Crippen LogP) is 3.34. The summed E-state index contributed by atoms with van der Waals surface area (Å²) in [5.41, 5.74) is 3.64. The van der Waals surface area contributed by atoms with E-state index in [1.807, 2.05) is 50.2 Å². The van der Waals surface area contributed by atoms with Crippen molar-refractivity contribution in [1.29, 1.82) is 0 Å². The van der Waals surface area contributed by atoms with Crippen LogP contribution in [0.3, 0.4) is 0 Å². The van der Waals surface area contributed by atoms with Crippen LogP contribution < -0.4 is 5.32 Å². The number of carbonyl (C=O) groups excluding carboxylic acids is 2. The fraction of sp³-hybridized carbons (Fsp3) is 0.300. The topological polar surface area (TPSA) is 55.4 Å². The first-order chi connectivity index (χ1) is 11.6. The number of fused-ring (bicyclic) bond motifs is 1. The van der Waals surface area contributed by atoms with Gasteiger partial charge in [0.1, 0.15) is 0 Å². The van der Waals surface area contributed by atoms with Gasteiger partial charge in [-0.15, -0.1) is 0 Å². The summed E-state index contributed by atoms with van der Waals surface area (Å²) in [6.07, 6.45) is 0.413. The first-order valence-corrected chi connectivity index (χ1v) is 8.24. The summed E-state index contributed by atoms with van der Waals surface area (Å²) in [6, 6.07) is 15.3. The van der Waals surface area contributed by atoms with E-state index in [2.05, 4.69) is 5.32 Å². The zero-order valence-electron chi connectivity index (χ0n) is 13.9. The third kappa shape index (κ3) is 3.32. The van der Waals surface area contributed by atoms with E-state index < -0.39 is 12.1 Å². The molecule has 1 heterocycles. The first-order valence-electron chi connectivity index (χ1n) is 8.24. The highest BCUT2D eigenvalue weighted by Crippen LogP contribution is 2.22. The van der Waals surface area contributed by atoms with Gasteiger partial charge >= 0.3 is 5.97 Å². The number of carbonyl (C=O) groups is 2. The molecular weight excluding hydrogens is 302 g/mol. The molecule has 1 aliphatic heterocycles. The second kappa shape index (κ2) is 6.87. The Balaban J connectivity index is 1.73. The highest BCUT2D eigenvalue weighted by Gasteiger charge is 2.31. The molecule has 0 aromatic heterocycles. The second-order valence-electron chi connectivity index (χ2n) is 6.14. The van der Waals surface area contributed by atoms with Gasteiger partial charge in [0.15, 0.2) is 6.10 Å². The van der Waals surface area contributed by atoms with Crippen molar-refractivity contribution < 1.29 is 14.3 Å². The third-order valence-electron chi connectivity index (χ3n) is 4.39. The van der Waals surface area contributed by atoms with Gasteiger partial charge in [0.25, 0.3) is 5.91 Å². The Morgan fingerprint density at radius 3 is 2.62 bits per heavy atom. The summed E-state index contributed by atoms with van der Waals surface area (Å²) in [5.74, 6) is -0.675. The number of aryl methyl sites for hydroxylation is 1. The summed E-state index contributed by atoms with van der Waals surface area (Å²) in [6.45, 7) is 4.05. The zero-order chi connectivity index (χ0) is 17.1. The molecule has 0 saturated carbocycles. The molecule has 2 unspecified atom stereocenters. The molecular formula is C20H21NO3. The highest BCUT2D eigenvalue weighted by molar-refractivity contribution is 5.95. The van der Waals surface area contributed by atoms with Crippen molar-refractivity contribution in [1.82, 2.24) is 5.32 Å². The molecule has 1 amide bonds. The van der Waals surface area contributed by atoms with E-state index >= 15 is 0 Å². The standard InChI is InChI=1S/C20H21NO3/c1-3-17(14-10-8-13(2)9-11-14)21-19(22)18-12-15-6-4-5-7-16(15)20(23)24-18/h4-11,17-18H,3,12H2,1-2H3,(H,21,22). The van der Waals surface area contributed by atoms with Gasteiger partial charge < -0.3 is 10.1 Å². The van der Waals surface area contributed by atoms with E-state index in [0.717, 1.165) is 17.5 Å². The first kappa shape index (κ1) is 16.2. The van der Waals surface area contributed by atoms with Crippen LogP contribution in [-0.2, 0) is 16.0 Å². The number of rotatable bonds is 4. The molecule has 0 radical (unpaired) electrons. The smallest absolute Gasteiger partial charge is 0.339 e. The lowest BCUT2D eigenvalue weighted by Gasteiger charge is -2.26. The molecule has 2 atom stereocenters. The molecule has 4 nitrogen and oxygen atoms in total. The van der Waals surface area contributed by atoms with Crippen molar-refractivity contribution in [2.24, 2.45) is 0 Å². The van der Waals surface area contributed by atoms with E-state index in [0.29, 0.717) is 12.0 Å². The van der Waals surface area contributed by atoms with E-state index in [-0.39, 0.29) is 11.9 Å². The molecule has 4 heteroatoms. The van der Waals surface area contributed by atoms with Crippen LogP contribution in [-0.4, -0.2) is 18.0 Å². The number of hydrogen-bond acceptors (Lipinski definition) is 3. The molecule has 0 spiro atoms. The van der Waals surface area contributed by atoms with Gasteiger partial charge in [0, 0.05) is 6.42 Å². The summed E-state index contributed by atoms with van der Waals surface area (Å²) < 4.78 is 5.32. The third-order valence-corrected chi connectivity index (χ3v) is 4.39. The van der Waals surface area contributed by atoms with E-state index in [1.165, 1.54) is 5.56 Å². The lowest BCUT2D eigenvalue weighted by molar-refractivity contribution is -0.131. The van der Waals surface area contributed by atoms with Crippen LogP contribution in [0.4, 0.5) is 0 Å². The van der Waals surface area contributed by atoms with Gasteiger partial charge in [0.2, 0.25) is 0 Å². The van der Waals surface area contributed by atoms with Crippen LogP contribution in [0, 0.1) is 6.92 Å². The van der Waals surface area contributed by atoms with Gasteiger partial charge in [0.05, 0.1) is 11.6 Å². The van der Waals surface area contributed by atoms with Crippen LogP contribution in [0.2, 0.25) is 0 Å². The van der Waals surface area contributed by atoms with Crippen molar-refractivity contribution in [3.05, 3.63) is 70.8 Å². The summed E-state index contributed by atoms with van der Waals surface area (Å²) in [7, 11) is 0. The second-order valence-corrected chi connectivity index (χ2v) is 6.14. The maximum atomic E-state index is 12.6. The number of hydrogen-bond donors (Lipinski definition) is 1. The molecule has 0 saturated heterocycles. The Hall–Kier alpha value is -2.62. The number of benzene rings is 2. The van der Waals surface area contributed by atoms with Crippen molar-refractivity contribution in [2.75, 3.05) is 0 Å². The minimum atomic E-state index is -0.771. The fourth-order valence-electron chi connectivity index (χ4n) is 2.96. The van der Waals surface area contributed by atoms with Crippen molar-refractivity contribution in [3.63, 3.8) is 0 Å². The molecule has 0 bridgehead atoms. The molecule has 3 rings (SSSR count). The summed E-state index contributed by atoms with van der Waals surface area (Å²) in [5, 5.41) is 3.01. The van der Waals surface area contributed by atoms with Crippen LogP contribution in [0.25, 0.3) is 0 Å². The van der Waals surface area contributed by atoms with Crippen molar-refractivity contribution in [3.8, 4) is 0 Å². The SMILES string of the molecule is CCC(NC(=O)C1Cc2ccccc2C(=O)O1)c1ccc(C)cc1. The van der Waals surface area contributed by atoms with Crippen molar-refractivity contribution >= 4 is 11.9 Å². The monoisotopic (exact) mass is 323 g/mol. The summed E-state index contributed by atoms with van der Waals surface area (Å²) >= 11 is 0. The predicted molar refractivity (Wildman–Crippen MR) is 91.7 cm³/mol. The molecule has 0 fully saturated rings. The quantitative estimate of drug-likeness (QED) is 0.878. The number of amides is 1. The molecule has 124 valence electrons. The normalized spacial score (nSPS) is 17.6. The molecule has 1 N–H and O–H groups in total. The number of cyclic esters (lactones) is 1. The lowest BCUT2D eigenvalue weighted by atomic mass is 9.97. The van der Waals surface area contributed by atoms with Gasteiger partial charge in [-0.2, -0.15) is 0 Å². The van der Waals surface area contributed by atoms with E-state index in [4.69, 9.17) is 4.74 Å².